The second kappa shape index (κ2) is 7.31. The monoisotopic (exact) mass is 288 g/mol. The van der Waals surface area contributed by atoms with Gasteiger partial charge in [-0.15, -0.1) is 0 Å². The van der Waals surface area contributed by atoms with E-state index >= 15 is 0 Å². The number of hydrazone groups is 1. The molecule has 0 bridgehead atoms. The molecule has 0 fully saturated rings. The van der Waals surface area contributed by atoms with E-state index in [2.05, 4.69) is 10.5 Å². The van der Waals surface area contributed by atoms with Crippen LogP contribution in [0.5, 0.6) is 5.75 Å². The molecule has 0 saturated heterocycles. The van der Waals surface area contributed by atoms with Gasteiger partial charge >= 0.3 is 0 Å². The first-order valence-electron chi connectivity index (χ1n) is 5.99. The number of carbonyl (C=O) groups excluding carboxylic acids is 1. The maximum Gasteiger partial charge on any atom is 0.277 e. The number of nitrogens with zero attached hydrogens (tertiary/aromatic N) is 1. The van der Waals surface area contributed by atoms with Crippen molar-refractivity contribution in [1.29, 1.82) is 0 Å². The average molecular weight is 289 g/mol. The molecule has 0 atom stereocenters. The number of amides is 1. The fourth-order valence-electron chi connectivity index (χ4n) is 1.46. The van der Waals surface area contributed by atoms with Gasteiger partial charge in [0.25, 0.3) is 5.91 Å². The Balaban J connectivity index is 1.78. The van der Waals surface area contributed by atoms with Crippen molar-refractivity contribution in [2.75, 3.05) is 6.61 Å². The number of benzene rings is 2. The maximum atomic E-state index is 11.5. The van der Waals surface area contributed by atoms with E-state index in [0.29, 0.717) is 10.8 Å². The SMILES string of the molecule is O=C(COc1ccccc1)N/N=C\c1cccc(Cl)c1. The molecule has 2 aromatic rings. The Morgan fingerprint density at radius 2 is 2.00 bits per heavy atom. The highest BCUT2D eigenvalue weighted by atomic mass is 35.5. The zero-order chi connectivity index (χ0) is 14.2. The molecule has 1 N–H and O–H groups in total. The molecule has 0 saturated carbocycles. The molecular formula is C15H13ClN2O2. The number of para-hydroxylation sites is 1. The third-order valence-electron chi connectivity index (χ3n) is 2.36. The van der Waals surface area contributed by atoms with Crippen LogP contribution in [-0.4, -0.2) is 18.7 Å². The summed E-state index contributed by atoms with van der Waals surface area (Å²) >= 11 is 5.83. The zero-order valence-electron chi connectivity index (χ0n) is 10.6. The Morgan fingerprint density at radius 1 is 1.20 bits per heavy atom. The van der Waals surface area contributed by atoms with Gasteiger partial charge in [0, 0.05) is 5.02 Å². The maximum absolute atomic E-state index is 11.5. The molecular weight excluding hydrogens is 276 g/mol. The Labute approximate surface area is 122 Å². The number of carbonyl (C=O) groups is 1. The number of nitrogens with one attached hydrogen (secondary N) is 1. The molecule has 5 heteroatoms. The summed E-state index contributed by atoms with van der Waals surface area (Å²) in [5, 5.41) is 4.45. The van der Waals surface area contributed by atoms with Crippen molar-refractivity contribution in [3.05, 3.63) is 65.2 Å². The Bertz CT molecular complexity index is 600. The van der Waals surface area contributed by atoms with E-state index in [-0.39, 0.29) is 12.5 Å². The molecule has 0 aliphatic rings. The van der Waals surface area contributed by atoms with Gasteiger partial charge in [-0.25, -0.2) is 5.43 Å². The smallest absolute Gasteiger partial charge is 0.277 e. The van der Waals surface area contributed by atoms with Crippen molar-refractivity contribution in [1.82, 2.24) is 5.43 Å². The van der Waals surface area contributed by atoms with Gasteiger partial charge in [-0.05, 0) is 29.8 Å². The molecule has 0 radical (unpaired) electrons. The first-order valence-corrected chi connectivity index (χ1v) is 6.37. The highest BCUT2D eigenvalue weighted by molar-refractivity contribution is 6.30. The van der Waals surface area contributed by atoms with Crippen LogP contribution in [-0.2, 0) is 4.79 Å². The van der Waals surface area contributed by atoms with E-state index in [0.717, 1.165) is 5.56 Å². The summed E-state index contributed by atoms with van der Waals surface area (Å²) in [5.41, 5.74) is 3.19. The molecule has 4 nitrogen and oxygen atoms in total. The van der Waals surface area contributed by atoms with Crippen molar-refractivity contribution >= 4 is 23.7 Å². The van der Waals surface area contributed by atoms with Gasteiger partial charge < -0.3 is 4.74 Å². The van der Waals surface area contributed by atoms with Crippen LogP contribution >= 0.6 is 11.6 Å². The Hall–Kier alpha value is -2.33. The van der Waals surface area contributed by atoms with Gasteiger partial charge in [0.15, 0.2) is 6.61 Å². The summed E-state index contributed by atoms with van der Waals surface area (Å²) in [6.45, 7) is -0.0864. The van der Waals surface area contributed by atoms with E-state index in [4.69, 9.17) is 16.3 Å². The fraction of sp³-hybridized carbons (Fsp3) is 0.0667. The van der Waals surface area contributed by atoms with E-state index in [9.17, 15) is 4.79 Å². The molecule has 20 heavy (non-hydrogen) atoms. The highest BCUT2D eigenvalue weighted by Crippen LogP contribution is 2.09. The molecule has 102 valence electrons. The van der Waals surface area contributed by atoms with E-state index in [1.165, 1.54) is 6.21 Å². The van der Waals surface area contributed by atoms with E-state index < -0.39 is 0 Å². The van der Waals surface area contributed by atoms with Crippen molar-refractivity contribution in [3.63, 3.8) is 0 Å². The minimum Gasteiger partial charge on any atom is -0.484 e. The van der Waals surface area contributed by atoms with Gasteiger partial charge in [0.05, 0.1) is 6.21 Å². The topological polar surface area (TPSA) is 50.7 Å². The average Bonchev–Trinajstić information content (AvgIpc) is 2.46. The second-order valence-electron chi connectivity index (χ2n) is 3.95. The number of hydrogen-bond donors (Lipinski definition) is 1. The summed E-state index contributed by atoms with van der Waals surface area (Å²) in [7, 11) is 0. The van der Waals surface area contributed by atoms with Crippen LogP contribution in [0.4, 0.5) is 0 Å². The summed E-state index contributed by atoms with van der Waals surface area (Å²) < 4.78 is 5.28. The second-order valence-corrected chi connectivity index (χ2v) is 4.39. The lowest BCUT2D eigenvalue weighted by Crippen LogP contribution is -2.24. The molecule has 0 aliphatic carbocycles. The lowest BCUT2D eigenvalue weighted by atomic mass is 10.2. The van der Waals surface area contributed by atoms with Crippen molar-refractivity contribution in [3.8, 4) is 5.75 Å². The van der Waals surface area contributed by atoms with Crippen molar-refractivity contribution in [2.45, 2.75) is 0 Å². The van der Waals surface area contributed by atoms with Crippen LogP contribution in [0.2, 0.25) is 5.02 Å². The van der Waals surface area contributed by atoms with Crippen LogP contribution in [0, 0.1) is 0 Å². The predicted octanol–water partition coefficient (Wildman–Crippen LogP) is 2.87. The fourth-order valence-corrected chi connectivity index (χ4v) is 1.66. The molecule has 0 aromatic heterocycles. The Kier molecular flexibility index (Phi) is 5.15. The zero-order valence-corrected chi connectivity index (χ0v) is 11.4. The number of ether oxygens (including phenoxy) is 1. The van der Waals surface area contributed by atoms with Crippen molar-refractivity contribution in [2.24, 2.45) is 5.10 Å². The van der Waals surface area contributed by atoms with Gasteiger partial charge in [-0.2, -0.15) is 5.10 Å². The minimum atomic E-state index is -0.327. The highest BCUT2D eigenvalue weighted by Gasteiger charge is 2.00. The summed E-state index contributed by atoms with van der Waals surface area (Å²) in [4.78, 5) is 11.5. The molecule has 0 spiro atoms. The van der Waals surface area contributed by atoms with Gasteiger partial charge in [-0.3, -0.25) is 4.79 Å². The van der Waals surface area contributed by atoms with Gasteiger partial charge in [-0.1, -0.05) is 41.9 Å². The third-order valence-corrected chi connectivity index (χ3v) is 2.60. The largest absolute Gasteiger partial charge is 0.484 e. The van der Waals surface area contributed by atoms with E-state index in [1.807, 2.05) is 30.3 Å². The minimum absolute atomic E-state index is 0.0864. The number of rotatable bonds is 5. The van der Waals surface area contributed by atoms with Gasteiger partial charge in [0.2, 0.25) is 0 Å². The number of halogens is 1. The quantitative estimate of drug-likeness (QED) is 0.679. The summed E-state index contributed by atoms with van der Waals surface area (Å²) in [5.74, 6) is 0.314. The van der Waals surface area contributed by atoms with Crippen molar-refractivity contribution < 1.29 is 9.53 Å². The molecule has 0 aliphatic heterocycles. The van der Waals surface area contributed by atoms with Crippen LogP contribution in [0.25, 0.3) is 0 Å². The first kappa shape index (κ1) is 14.1. The molecule has 2 rings (SSSR count). The third kappa shape index (κ3) is 4.74. The molecule has 0 unspecified atom stereocenters. The first-order chi connectivity index (χ1) is 9.74. The Morgan fingerprint density at radius 3 is 2.75 bits per heavy atom. The van der Waals surface area contributed by atoms with E-state index in [1.54, 1.807) is 24.3 Å². The van der Waals surface area contributed by atoms with Crippen LogP contribution in [0.15, 0.2) is 59.7 Å². The van der Waals surface area contributed by atoms with Crippen LogP contribution < -0.4 is 10.2 Å². The molecule has 1 amide bonds. The predicted molar refractivity (Wildman–Crippen MR) is 79.1 cm³/mol. The normalized spacial score (nSPS) is 10.4. The molecule has 2 aromatic carbocycles. The van der Waals surface area contributed by atoms with Gasteiger partial charge in [0.1, 0.15) is 5.75 Å². The van der Waals surface area contributed by atoms with Crippen LogP contribution in [0.1, 0.15) is 5.56 Å². The molecule has 0 heterocycles. The van der Waals surface area contributed by atoms with Crippen LogP contribution in [0.3, 0.4) is 0 Å². The lowest BCUT2D eigenvalue weighted by molar-refractivity contribution is -0.123. The number of hydrogen-bond acceptors (Lipinski definition) is 3. The standard InChI is InChI=1S/C15H13ClN2O2/c16-13-6-4-5-12(9-13)10-17-18-15(19)11-20-14-7-2-1-3-8-14/h1-10H,11H2,(H,18,19)/b17-10-. The lowest BCUT2D eigenvalue weighted by Gasteiger charge is -2.04. The summed E-state index contributed by atoms with van der Waals surface area (Å²) in [6, 6.07) is 16.3. The summed E-state index contributed by atoms with van der Waals surface area (Å²) in [6.07, 6.45) is 1.52.